The molecule has 3 unspecified atom stereocenters. The average Bonchev–Trinajstić information content (AvgIpc) is 2.30. The standard InChI is InChI=1S/C15H28N2O2/c1-10(2)15(13(5)18)16-14(19)9-17-7-6-11(3)12(4)8-17/h10-12,15H,6-9H2,1-5H3,(H,16,19). The van der Waals surface area contributed by atoms with E-state index in [9.17, 15) is 9.59 Å². The molecule has 4 heteroatoms. The van der Waals surface area contributed by atoms with Gasteiger partial charge < -0.3 is 5.32 Å². The van der Waals surface area contributed by atoms with Gasteiger partial charge in [-0.05, 0) is 37.6 Å². The zero-order valence-electron chi connectivity index (χ0n) is 12.9. The van der Waals surface area contributed by atoms with E-state index in [1.807, 2.05) is 13.8 Å². The molecule has 1 saturated heterocycles. The summed E-state index contributed by atoms with van der Waals surface area (Å²) in [5, 5.41) is 2.86. The Labute approximate surface area is 116 Å². The van der Waals surface area contributed by atoms with Crippen LogP contribution >= 0.6 is 0 Å². The monoisotopic (exact) mass is 268 g/mol. The molecule has 1 aliphatic rings. The van der Waals surface area contributed by atoms with Crippen molar-refractivity contribution in [2.75, 3.05) is 19.6 Å². The van der Waals surface area contributed by atoms with Crippen molar-refractivity contribution in [1.29, 1.82) is 0 Å². The number of amides is 1. The molecule has 1 N–H and O–H groups in total. The Balaban J connectivity index is 2.44. The highest BCUT2D eigenvalue weighted by Gasteiger charge is 2.26. The van der Waals surface area contributed by atoms with Gasteiger partial charge in [-0.25, -0.2) is 0 Å². The molecule has 1 rings (SSSR count). The van der Waals surface area contributed by atoms with Crippen molar-refractivity contribution in [3.8, 4) is 0 Å². The van der Waals surface area contributed by atoms with E-state index >= 15 is 0 Å². The van der Waals surface area contributed by atoms with Gasteiger partial charge in [0.05, 0.1) is 12.6 Å². The molecule has 1 fully saturated rings. The molecule has 19 heavy (non-hydrogen) atoms. The van der Waals surface area contributed by atoms with Crippen molar-refractivity contribution in [2.45, 2.75) is 47.1 Å². The first-order chi connectivity index (χ1) is 8.81. The lowest BCUT2D eigenvalue weighted by molar-refractivity contribution is -0.128. The predicted octanol–water partition coefficient (Wildman–Crippen LogP) is 1.69. The Bertz CT molecular complexity index is 328. The predicted molar refractivity (Wildman–Crippen MR) is 76.8 cm³/mol. The molecule has 0 radical (unpaired) electrons. The van der Waals surface area contributed by atoms with Gasteiger partial charge in [0.2, 0.25) is 5.91 Å². The number of Topliss-reactive ketones (excluding diaryl/α,β-unsaturated/α-hetero) is 1. The number of rotatable bonds is 5. The summed E-state index contributed by atoms with van der Waals surface area (Å²) < 4.78 is 0. The van der Waals surface area contributed by atoms with Gasteiger partial charge in [0.15, 0.2) is 5.78 Å². The molecule has 0 bridgehead atoms. The minimum Gasteiger partial charge on any atom is -0.345 e. The summed E-state index contributed by atoms with van der Waals surface area (Å²) in [5.74, 6) is 1.51. The van der Waals surface area contributed by atoms with Gasteiger partial charge in [-0.2, -0.15) is 0 Å². The minimum atomic E-state index is -0.353. The number of nitrogens with zero attached hydrogens (tertiary/aromatic N) is 1. The van der Waals surface area contributed by atoms with Crippen LogP contribution in [0.3, 0.4) is 0 Å². The van der Waals surface area contributed by atoms with E-state index < -0.39 is 0 Å². The van der Waals surface area contributed by atoms with E-state index in [2.05, 4.69) is 24.1 Å². The maximum Gasteiger partial charge on any atom is 0.234 e. The number of ketones is 1. The van der Waals surface area contributed by atoms with E-state index in [0.29, 0.717) is 12.5 Å². The van der Waals surface area contributed by atoms with Gasteiger partial charge in [-0.1, -0.05) is 27.7 Å². The van der Waals surface area contributed by atoms with Gasteiger partial charge in [0.25, 0.3) is 0 Å². The molecule has 0 aromatic carbocycles. The third-order valence-electron chi connectivity index (χ3n) is 4.21. The van der Waals surface area contributed by atoms with Gasteiger partial charge in [-0.15, -0.1) is 0 Å². The molecule has 1 aliphatic heterocycles. The molecule has 0 aliphatic carbocycles. The van der Waals surface area contributed by atoms with Crippen LogP contribution in [0.15, 0.2) is 0 Å². The van der Waals surface area contributed by atoms with E-state index in [1.165, 1.54) is 6.92 Å². The number of carbonyl (C=O) groups excluding carboxylic acids is 2. The fourth-order valence-corrected chi connectivity index (χ4v) is 2.65. The van der Waals surface area contributed by atoms with Gasteiger partial charge in [0, 0.05) is 6.54 Å². The molecule has 3 atom stereocenters. The molecule has 0 aromatic heterocycles. The van der Waals surface area contributed by atoms with Crippen molar-refractivity contribution in [3.05, 3.63) is 0 Å². The van der Waals surface area contributed by atoms with Crippen LogP contribution in [0, 0.1) is 17.8 Å². The van der Waals surface area contributed by atoms with Crippen LogP contribution in [0.25, 0.3) is 0 Å². The number of piperidine rings is 1. The number of likely N-dealkylation sites (tertiary alicyclic amines) is 1. The van der Waals surface area contributed by atoms with Gasteiger partial charge >= 0.3 is 0 Å². The minimum absolute atomic E-state index is 0.0315. The van der Waals surface area contributed by atoms with Gasteiger partial charge in [-0.3, -0.25) is 14.5 Å². The molecule has 0 saturated carbocycles. The molecule has 0 spiro atoms. The Kier molecular flexibility index (Phi) is 5.98. The highest BCUT2D eigenvalue weighted by molar-refractivity contribution is 5.88. The SMILES string of the molecule is CC(=O)C(NC(=O)CN1CCC(C)C(C)C1)C(C)C. The molecule has 4 nitrogen and oxygen atoms in total. The van der Waals surface area contributed by atoms with Crippen LogP contribution in [0.4, 0.5) is 0 Å². The number of hydrogen-bond acceptors (Lipinski definition) is 3. The first kappa shape index (κ1) is 16.2. The summed E-state index contributed by atoms with van der Waals surface area (Å²) in [6.07, 6.45) is 1.15. The molecule has 0 aromatic rings. The smallest absolute Gasteiger partial charge is 0.234 e. The lowest BCUT2D eigenvalue weighted by atomic mass is 9.89. The molecular weight excluding hydrogens is 240 g/mol. The molecular formula is C15H28N2O2. The lowest BCUT2D eigenvalue weighted by Gasteiger charge is -2.35. The number of nitrogens with one attached hydrogen (secondary N) is 1. The topological polar surface area (TPSA) is 49.4 Å². The Hall–Kier alpha value is -0.900. The van der Waals surface area contributed by atoms with E-state index in [4.69, 9.17) is 0 Å². The van der Waals surface area contributed by atoms with Gasteiger partial charge in [0.1, 0.15) is 0 Å². The first-order valence-corrected chi connectivity index (χ1v) is 7.33. The van der Waals surface area contributed by atoms with E-state index in [1.54, 1.807) is 0 Å². The molecule has 1 heterocycles. The first-order valence-electron chi connectivity index (χ1n) is 7.33. The summed E-state index contributed by atoms with van der Waals surface area (Å²) in [6.45, 7) is 12.3. The second kappa shape index (κ2) is 7.04. The Morgan fingerprint density at radius 1 is 1.26 bits per heavy atom. The van der Waals surface area contributed by atoms with E-state index in [0.717, 1.165) is 25.4 Å². The summed E-state index contributed by atoms with van der Waals surface area (Å²) in [6, 6.07) is -0.353. The Morgan fingerprint density at radius 2 is 1.89 bits per heavy atom. The molecule has 110 valence electrons. The zero-order valence-corrected chi connectivity index (χ0v) is 12.9. The average molecular weight is 268 g/mol. The quantitative estimate of drug-likeness (QED) is 0.825. The second-order valence-corrected chi connectivity index (χ2v) is 6.38. The fourth-order valence-electron chi connectivity index (χ4n) is 2.65. The van der Waals surface area contributed by atoms with Crippen molar-refractivity contribution >= 4 is 11.7 Å². The third kappa shape index (κ3) is 4.94. The zero-order chi connectivity index (χ0) is 14.6. The van der Waals surface area contributed by atoms with Crippen LogP contribution < -0.4 is 5.32 Å². The summed E-state index contributed by atoms with van der Waals surface area (Å²) in [7, 11) is 0. The highest BCUT2D eigenvalue weighted by Crippen LogP contribution is 2.21. The van der Waals surface area contributed by atoms with Crippen molar-refractivity contribution in [1.82, 2.24) is 10.2 Å². The number of carbonyl (C=O) groups is 2. The maximum absolute atomic E-state index is 12.0. The number of hydrogen-bond donors (Lipinski definition) is 1. The van der Waals surface area contributed by atoms with Crippen LogP contribution in [0.2, 0.25) is 0 Å². The molecule has 1 amide bonds. The maximum atomic E-state index is 12.0. The van der Waals surface area contributed by atoms with Crippen LogP contribution in [0.1, 0.15) is 41.0 Å². The second-order valence-electron chi connectivity index (χ2n) is 6.38. The fraction of sp³-hybridized carbons (Fsp3) is 0.867. The van der Waals surface area contributed by atoms with E-state index in [-0.39, 0.29) is 23.7 Å². The third-order valence-corrected chi connectivity index (χ3v) is 4.21. The summed E-state index contributed by atoms with van der Waals surface area (Å²) in [4.78, 5) is 25.7. The van der Waals surface area contributed by atoms with Crippen molar-refractivity contribution < 1.29 is 9.59 Å². The van der Waals surface area contributed by atoms with Crippen LogP contribution in [-0.2, 0) is 9.59 Å². The largest absolute Gasteiger partial charge is 0.345 e. The normalized spacial score (nSPS) is 26.2. The summed E-state index contributed by atoms with van der Waals surface area (Å²) >= 11 is 0. The van der Waals surface area contributed by atoms with Crippen molar-refractivity contribution in [2.24, 2.45) is 17.8 Å². The Morgan fingerprint density at radius 3 is 2.37 bits per heavy atom. The van der Waals surface area contributed by atoms with Crippen LogP contribution in [-0.4, -0.2) is 42.3 Å². The van der Waals surface area contributed by atoms with Crippen LogP contribution in [0.5, 0.6) is 0 Å². The van der Waals surface area contributed by atoms with Crippen molar-refractivity contribution in [3.63, 3.8) is 0 Å². The lowest BCUT2D eigenvalue weighted by Crippen LogP contribution is -2.49. The summed E-state index contributed by atoms with van der Waals surface area (Å²) in [5.41, 5.74) is 0. The highest BCUT2D eigenvalue weighted by atomic mass is 16.2.